The summed E-state index contributed by atoms with van der Waals surface area (Å²) < 4.78 is 0. The van der Waals surface area contributed by atoms with Crippen LogP contribution in [0.4, 0.5) is 5.82 Å². The molecular formula is C11H14N2O. The second-order valence-electron chi connectivity index (χ2n) is 4.28. The van der Waals surface area contributed by atoms with Crippen molar-refractivity contribution in [2.45, 2.75) is 20.3 Å². The van der Waals surface area contributed by atoms with Crippen LogP contribution in [0.15, 0.2) is 24.4 Å². The molecule has 14 heavy (non-hydrogen) atoms. The summed E-state index contributed by atoms with van der Waals surface area (Å²) in [5, 5.41) is 0. The Morgan fingerprint density at radius 2 is 2.21 bits per heavy atom. The number of hydrogen-bond acceptors (Lipinski definition) is 2. The number of rotatable bonds is 1. The van der Waals surface area contributed by atoms with Gasteiger partial charge in [-0.05, 0) is 18.6 Å². The quantitative estimate of drug-likeness (QED) is 0.677. The molecule has 0 saturated carbocycles. The molecule has 0 bridgehead atoms. The third-order valence-corrected chi connectivity index (χ3v) is 2.71. The van der Waals surface area contributed by atoms with E-state index in [0.717, 1.165) is 18.8 Å². The first-order chi connectivity index (χ1) is 6.61. The SMILES string of the molecule is CC1(C)CCN(c2ccccn2)C1=O. The van der Waals surface area contributed by atoms with E-state index in [1.54, 1.807) is 11.1 Å². The largest absolute Gasteiger partial charge is 0.296 e. The zero-order chi connectivity index (χ0) is 10.2. The van der Waals surface area contributed by atoms with Gasteiger partial charge in [0.25, 0.3) is 0 Å². The van der Waals surface area contributed by atoms with Gasteiger partial charge in [0.05, 0.1) is 0 Å². The van der Waals surface area contributed by atoms with Crippen molar-refractivity contribution < 1.29 is 4.79 Å². The number of amides is 1. The van der Waals surface area contributed by atoms with Gasteiger partial charge in [0.2, 0.25) is 5.91 Å². The Morgan fingerprint density at radius 3 is 2.71 bits per heavy atom. The minimum Gasteiger partial charge on any atom is -0.296 e. The number of anilines is 1. The molecule has 74 valence electrons. The van der Waals surface area contributed by atoms with E-state index >= 15 is 0 Å². The summed E-state index contributed by atoms with van der Waals surface area (Å²) in [5.41, 5.74) is -0.225. The molecule has 1 aromatic rings. The Labute approximate surface area is 83.8 Å². The number of nitrogens with zero attached hydrogens (tertiary/aromatic N) is 2. The lowest BCUT2D eigenvalue weighted by molar-refractivity contribution is -0.124. The average molecular weight is 190 g/mol. The maximum atomic E-state index is 11.9. The topological polar surface area (TPSA) is 33.2 Å². The van der Waals surface area contributed by atoms with Crippen molar-refractivity contribution in [1.82, 2.24) is 4.98 Å². The summed E-state index contributed by atoms with van der Waals surface area (Å²) >= 11 is 0. The summed E-state index contributed by atoms with van der Waals surface area (Å²) in [6.45, 7) is 4.75. The molecule has 1 aliphatic heterocycles. The lowest BCUT2D eigenvalue weighted by atomic mass is 9.92. The number of aromatic nitrogens is 1. The number of carbonyl (C=O) groups is 1. The van der Waals surface area contributed by atoms with E-state index in [0.29, 0.717) is 0 Å². The van der Waals surface area contributed by atoms with E-state index < -0.39 is 0 Å². The molecule has 0 atom stereocenters. The molecule has 0 spiro atoms. The van der Waals surface area contributed by atoms with Crippen LogP contribution in [0.3, 0.4) is 0 Å². The van der Waals surface area contributed by atoms with Crippen LogP contribution in [-0.4, -0.2) is 17.4 Å². The van der Waals surface area contributed by atoms with Crippen LogP contribution in [0.1, 0.15) is 20.3 Å². The first-order valence-electron chi connectivity index (χ1n) is 4.84. The van der Waals surface area contributed by atoms with Crippen molar-refractivity contribution in [3.05, 3.63) is 24.4 Å². The van der Waals surface area contributed by atoms with Crippen molar-refractivity contribution in [2.75, 3.05) is 11.4 Å². The monoisotopic (exact) mass is 190 g/mol. The molecule has 2 heterocycles. The van der Waals surface area contributed by atoms with Gasteiger partial charge in [0.15, 0.2) is 0 Å². The fraction of sp³-hybridized carbons (Fsp3) is 0.455. The highest BCUT2D eigenvalue weighted by molar-refractivity contribution is 5.98. The fourth-order valence-corrected chi connectivity index (χ4v) is 1.70. The number of hydrogen-bond donors (Lipinski definition) is 0. The molecule has 1 aliphatic rings. The second-order valence-corrected chi connectivity index (χ2v) is 4.28. The predicted molar refractivity (Wildman–Crippen MR) is 55.0 cm³/mol. The summed E-state index contributed by atoms with van der Waals surface area (Å²) in [6.07, 6.45) is 2.62. The van der Waals surface area contributed by atoms with Crippen molar-refractivity contribution >= 4 is 11.7 Å². The normalized spacial score (nSPS) is 20.1. The zero-order valence-electron chi connectivity index (χ0n) is 8.53. The van der Waals surface area contributed by atoms with Gasteiger partial charge in [0.1, 0.15) is 5.82 Å². The zero-order valence-corrected chi connectivity index (χ0v) is 8.53. The number of carbonyl (C=O) groups excluding carboxylic acids is 1. The molecule has 3 nitrogen and oxygen atoms in total. The van der Waals surface area contributed by atoms with Crippen LogP contribution in [-0.2, 0) is 4.79 Å². The molecule has 2 rings (SSSR count). The summed E-state index contributed by atoms with van der Waals surface area (Å²) in [4.78, 5) is 17.9. The van der Waals surface area contributed by atoms with Gasteiger partial charge in [-0.3, -0.25) is 9.69 Å². The average Bonchev–Trinajstić information content (AvgIpc) is 2.44. The first-order valence-corrected chi connectivity index (χ1v) is 4.84. The van der Waals surface area contributed by atoms with E-state index in [1.165, 1.54) is 0 Å². The Hall–Kier alpha value is -1.38. The Morgan fingerprint density at radius 1 is 1.43 bits per heavy atom. The van der Waals surface area contributed by atoms with E-state index in [-0.39, 0.29) is 11.3 Å². The minimum atomic E-state index is -0.225. The molecular weight excluding hydrogens is 176 g/mol. The molecule has 1 saturated heterocycles. The molecule has 1 aromatic heterocycles. The van der Waals surface area contributed by atoms with E-state index in [9.17, 15) is 4.79 Å². The van der Waals surface area contributed by atoms with Crippen molar-refractivity contribution in [2.24, 2.45) is 5.41 Å². The van der Waals surface area contributed by atoms with E-state index in [2.05, 4.69) is 4.98 Å². The second kappa shape index (κ2) is 3.08. The standard InChI is InChI=1S/C11H14N2O/c1-11(2)6-8-13(10(11)14)9-5-3-4-7-12-9/h3-5,7H,6,8H2,1-2H3. The maximum absolute atomic E-state index is 11.9. The number of pyridine rings is 1. The van der Waals surface area contributed by atoms with Crippen molar-refractivity contribution in [3.8, 4) is 0 Å². The lowest BCUT2D eigenvalue weighted by Crippen LogP contribution is -2.31. The highest BCUT2D eigenvalue weighted by Crippen LogP contribution is 2.32. The summed E-state index contributed by atoms with van der Waals surface area (Å²) in [7, 11) is 0. The fourth-order valence-electron chi connectivity index (χ4n) is 1.70. The third-order valence-electron chi connectivity index (χ3n) is 2.71. The summed E-state index contributed by atoms with van der Waals surface area (Å²) in [6, 6.07) is 5.63. The van der Waals surface area contributed by atoms with Gasteiger partial charge in [-0.2, -0.15) is 0 Å². The van der Waals surface area contributed by atoms with Gasteiger partial charge in [-0.15, -0.1) is 0 Å². The van der Waals surface area contributed by atoms with Crippen LogP contribution >= 0.6 is 0 Å². The molecule has 0 aromatic carbocycles. The van der Waals surface area contributed by atoms with Crippen LogP contribution in [0.5, 0.6) is 0 Å². The smallest absolute Gasteiger partial charge is 0.233 e. The van der Waals surface area contributed by atoms with Crippen LogP contribution in [0.25, 0.3) is 0 Å². The predicted octanol–water partition coefficient (Wildman–Crippen LogP) is 1.84. The maximum Gasteiger partial charge on any atom is 0.233 e. The van der Waals surface area contributed by atoms with Crippen LogP contribution in [0, 0.1) is 5.41 Å². The highest BCUT2D eigenvalue weighted by atomic mass is 16.2. The summed E-state index contributed by atoms with van der Waals surface area (Å²) in [5.74, 6) is 0.944. The van der Waals surface area contributed by atoms with Gasteiger partial charge in [-0.1, -0.05) is 19.9 Å². The molecule has 0 radical (unpaired) electrons. The Kier molecular flexibility index (Phi) is 2.02. The molecule has 1 fully saturated rings. The van der Waals surface area contributed by atoms with Gasteiger partial charge < -0.3 is 0 Å². The lowest BCUT2D eigenvalue weighted by Gasteiger charge is -2.18. The van der Waals surface area contributed by atoms with E-state index in [4.69, 9.17) is 0 Å². The Bertz CT molecular complexity index is 346. The van der Waals surface area contributed by atoms with Crippen LogP contribution in [0.2, 0.25) is 0 Å². The molecule has 0 unspecified atom stereocenters. The van der Waals surface area contributed by atoms with Gasteiger partial charge in [0, 0.05) is 18.2 Å². The van der Waals surface area contributed by atoms with Crippen LogP contribution < -0.4 is 4.90 Å². The molecule has 0 N–H and O–H groups in total. The van der Waals surface area contributed by atoms with E-state index in [1.807, 2.05) is 32.0 Å². The first kappa shape index (κ1) is 9.19. The van der Waals surface area contributed by atoms with Gasteiger partial charge >= 0.3 is 0 Å². The molecule has 1 amide bonds. The highest BCUT2D eigenvalue weighted by Gasteiger charge is 2.39. The van der Waals surface area contributed by atoms with Crippen molar-refractivity contribution in [3.63, 3.8) is 0 Å². The molecule has 0 aliphatic carbocycles. The van der Waals surface area contributed by atoms with Crippen molar-refractivity contribution in [1.29, 1.82) is 0 Å². The minimum absolute atomic E-state index is 0.177. The van der Waals surface area contributed by atoms with Gasteiger partial charge in [-0.25, -0.2) is 4.98 Å². The third kappa shape index (κ3) is 1.39. The Balaban J connectivity index is 2.27. The molecule has 3 heteroatoms.